The molecule has 0 aromatic heterocycles. The Morgan fingerprint density at radius 2 is 1.35 bits per heavy atom. The summed E-state index contributed by atoms with van der Waals surface area (Å²) in [5.74, 6) is 0. The minimum absolute atomic E-state index is 0. The maximum atomic E-state index is 12.9. The predicted octanol–water partition coefficient (Wildman–Crippen LogP) is 4.74. The molecule has 6 nitrogen and oxygen atoms in total. The van der Waals surface area contributed by atoms with Crippen LogP contribution in [0, 0.1) is 20.0 Å². The standard InChI is InChI=1S/C15H21O3P.3CO.Cr/c1-5-17-19(16,18-6-2)15(12-13(3)4)14-10-8-7-9-11-14;3*1-2;/h7-11H,5-6H2,1-4H3;;;;. The second-order valence-electron chi connectivity index (χ2n) is 4.17. The maximum Gasteiger partial charge on any atom is 0 e. The normalized spacial score (nSPS) is 8.23. The minimum Gasteiger partial charge on any atom is 0 e. The molecule has 0 saturated carbocycles. The Labute approximate surface area is 166 Å². The fourth-order valence-corrected chi connectivity index (χ4v) is 3.48. The van der Waals surface area contributed by atoms with E-state index in [1.807, 2.05) is 44.2 Å². The van der Waals surface area contributed by atoms with Gasteiger partial charge in [-0.3, -0.25) is 4.57 Å². The average Bonchev–Trinajstić information content (AvgIpc) is 2.65. The van der Waals surface area contributed by atoms with Gasteiger partial charge < -0.3 is 9.05 Å². The summed E-state index contributed by atoms with van der Waals surface area (Å²) in [6, 6.07) is 9.47. The summed E-state index contributed by atoms with van der Waals surface area (Å²) >= 11 is 0. The third-order valence-corrected chi connectivity index (χ3v) is 4.40. The van der Waals surface area contributed by atoms with Crippen LogP contribution in [0.2, 0.25) is 0 Å². The maximum absolute atomic E-state index is 12.9. The molecular formula is C18H21CrO6P. The molecule has 0 heterocycles. The Morgan fingerprint density at radius 1 is 0.962 bits per heavy atom. The topological polar surface area (TPSA) is 95.2 Å². The first-order chi connectivity index (χ1) is 12.0. The van der Waals surface area contributed by atoms with Crippen LogP contribution in [0.4, 0.5) is 0 Å². The van der Waals surface area contributed by atoms with Gasteiger partial charge in [-0.05, 0) is 38.8 Å². The molecule has 0 radical (unpaired) electrons. The molecule has 0 saturated heterocycles. The van der Waals surface area contributed by atoms with E-state index < -0.39 is 7.60 Å². The third-order valence-electron chi connectivity index (χ3n) is 2.29. The molecular weight excluding hydrogens is 395 g/mol. The average molecular weight is 416 g/mol. The molecule has 0 aliphatic carbocycles. The van der Waals surface area contributed by atoms with Gasteiger partial charge in [-0.25, -0.2) is 0 Å². The number of allylic oxidation sites excluding steroid dienone is 1. The summed E-state index contributed by atoms with van der Waals surface area (Å²) in [7, 11) is -3.32. The van der Waals surface area contributed by atoms with Gasteiger partial charge >= 0.3 is 41.5 Å². The number of benzene rings is 1. The molecule has 0 aliphatic rings. The molecule has 8 heteroatoms. The molecule has 0 atom stereocenters. The number of hydrogen-bond acceptors (Lipinski definition) is 3. The van der Waals surface area contributed by atoms with Crippen LogP contribution in [0.5, 0.6) is 0 Å². The SMILES string of the molecule is CCOP(=O)(OCC)C(=C=C(C)C)c1ccccc1.[C-]#[O+].[C-]#[O+].[C-]#[O+].[Cr]. The summed E-state index contributed by atoms with van der Waals surface area (Å²) < 4.78 is 46.2. The molecule has 0 bridgehead atoms. The van der Waals surface area contributed by atoms with Crippen LogP contribution in [0.15, 0.2) is 41.6 Å². The molecule has 0 fully saturated rings. The molecule has 0 unspecified atom stereocenters. The van der Waals surface area contributed by atoms with Gasteiger partial charge in [0.1, 0.15) is 5.31 Å². The first kappa shape index (κ1) is 32.3. The first-order valence-electron chi connectivity index (χ1n) is 7.04. The number of hydrogen-bond donors (Lipinski definition) is 0. The van der Waals surface area contributed by atoms with Crippen LogP contribution in [-0.4, -0.2) is 13.2 Å². The van der Waals surface area contributed by atoms with E-state index in [0.29, 0.717) is 18.5 Å². The Morgan fingerprint density at radius 3 is 1.65 bits per heavy atom. The summed E-state index contributed by atoms with van der Waals surface area (Å²) in [6.07, 6.45) is 0. The van der Waals surface area contributed by atoms with Crippen molar-refractivity contribution in [3.63, 3.8) is 0 Å². The monoisotopic (exact) mass is 416 g/mol. The minimum atomic E-state index is -3.32. The molecule has 0 amide bonds. The zero-order valence-electron chi connectivity index (χ0n) is 15.1. The molecule has 1 rings (SSSR count). The summed E-state index contributed by atoms with van der Waals surface area (Å²) in [6.45, 7) is 21.6. The zero-order chi connectivity index (χ0) is 20.3. The summed E-state index contributed by atoms with van der Waals surface area (Å²) in [5, 5.41) is 0.497. The van der Waals surface area contributed by atoms with Gasteiger partial charge in [-0.15, -0.1) is 5.73 Å². The number of rotatable bonds is 6. The van der Waals surface area contributed by atoms with Gasteiger partial charge in [-0.1, -0.05) is 30.3 Å². The van der Waals surface area contributed by atoms with E-state index in [0.717, 1.165) is 11.1 Å². The van der Waals surface area contributed by atoms with Gasteiger partial charge in [0.2, 0.25) is 0 Å². The van der Waals surface area contributed by atoms with Crippen LogP contribution in [0.1, 0.15) is 33.3 Å². The third kappa shape index (κ3) is 12.9. The van der Waals surface area contributed by atoms with Crippen LogP contribution < -0.4 is 0 Å². The van der Waals surface area contributed by atoms with E-state index in [9.17, 15) is 4.57 Å². The van der Waals surface area contributed by atoms with E-state index in [2.05, 4.69) is 25.7 Å². The van der Waals surface area contributed by atoms with Crippen molar-refractivity contribution in [3.8, 4) is 0 Å². The van der Waals surface area contributed by atoms with E-state index in [4.69, 9.17) is 23.0 Å². The van der Waals surface area contributed by atoms with Gasteiger partial charge in [0, 0.05) is 17.4 Å². The molecule has 0 aliphatic heterocycles. The van der Waals surface area contributed by atoms with Crippen molar-refractivity contribution in [2.45, 2.75) is 27.7 Å². The Kier molecular flexibility index (Phi) is 27.0. The van der Waals surface area contributed by atoms with Crippen molar-refractivity contribution in [1.82, 2.24) is 0 Å². The van der Waals surface area contributed by atoms with Gasteiger partial charge in [0.25, 0.3) is 0 Å². The van der Waals surface area contributed by atoms with E-state index in [1.54, 1.807) is 13.8 Å². The Bertz CT molecular complexity index is 614. The molecule has 0 spiro atoms. The predicted molar refractivity (Wildman–Crippen MR) is 90.9 cm³/mol. The fourth-order valence-electron chi connectivity index (χ4n) is 1.64. The van der Waals surface area contributed by atoms with Crippen molar-refractivity contribution in [2.75, 3.05) is 13.2 Å². The van der Waals surface area contributed by atoms with Gasteiger partial charge in [-0.2, -0.15) is 0 Å². The van der Waals surface area contributed by atoms with Crippen LogP contribution in [0.25, 0.3) is 5.31 Å². The first-order valence-corrected chi connectivity index (χ1v) is 8.58. The van der Waals surface area contributed by atoms with Crippen LogP contribution >= 0.6 is 7.60 Å². The largest absolute Gasteiger partial charge is 0 e. The summed E-state index contributed by atoms with van der Waals surface area (Å²) in [4.78, 5) is 0. The van der Waals surface area contributed by atoms with Gasteiger partial charge in [0.15, 0.2) is 0 Å². The van der Waals surface area contributed by atoms with Crippen LogP contribution in [-0.2, 0) is 44.9 Å². The molecule has 1 aromatic rings. The van der Waals surface area contributed by atoms with Crippen LogP contribution in [0.3, 0.4) is 0 Å². The Balaban J connectivity index is -0.000000312. The van der Waals surface area contributed by atoms with Gasteiger partial charge in [0.05, 0.1) is 13.2 Å². The smallest absolute Gasteiger partial charge is 0 e. The van der Waals surface area contributed by atoms with Crippen molar-refractivity contribution in [2.24, 2.45) is 0 Å². The fraction of sp³-hybridized carbons (Fsp3) is 0.333. The second kappa shape index (κ2) is 21.7. The van der Waals surface area contributed by atoms with Crippen molar-refractivity contribution < 1.29 is 44.9 Å². The van der Waals surface area contributed by atoms with E-state index >= 15 is 0 Å². The second-order valence-corrected chi connectivity index (χ2v) is 6.13. The van der Waals surface area contributed by atoms with Crippen molar-refractivity contribution in [3.05, 3.63) is 67.2 Å². The molecule has 140 valence electrons. The van der Waals surface area contributed by atoms with Crippen molar-refractivity contribution in [1.29, 1.82) is 0 Å². The summed E-state index contributed by atoms with van der Waals surface area (Å²) in [5.41, 5.74) is 4.87. The molecule has 26 heavy (non-hydrogen) atoms. The zero-order valence-corrected chi connectivity index (χ0v) is 17.3. The van der Waals surface area contributed by atoms with E-state index in [1.165, 1.54) is 0 Å². The quantitative estimate of drug-likeness (QED) is 0.290. The Hall–Kier alpha value is -1.36. The van der Waals surface area contributed by atoms with Crippen molar-refractivity contribution >= 4 is 12.9 Å². The van der Waals surface area contributed by atoms with E-state index in [-0.39, 0.29) is 17.4 Å². The molecule has 0 N–H and O–H groups in total. The molecule has 1 aromatic carbocycles.